The molecule has 0 aromatic carbocycles. The fraction of sp³-hybridized carbons (Fsp3) is 0.333. The predicted octanol–water partition coefficient (Wildman–Crippen LogP) is 1.34. The van der Waals surface area contributed by atoms with Gasteiger partial charge in [0.1, 0.15) is 0 Å². The van der Waals surface area contributed by atoms with E-state index >= 15 is 0 Å². The molecule has 0 aliphatic heterocycles. The van der Waals surface area contributed by atoms with Crippen LogP contribution in [0.3, 0.4) is 0 Å². The Bertz CT molecular complexity index is 10.1. The van der Waals surface area contributed by atoms with Crippen molar-refractivity contribution in [2.75, 3.05) is 0 Å². The first-order valence-electron chi connectivity index (χ1n) is 0.707. The maximum absolute atomic E-state index is 3.25. The van der Waals surface area contributed by atoms with Gasteiger partial charge in [-0.3, -0.25) is 0 Å². The molecule has 0 aliphatic carbocycles. The zero-order valence-corrected chi connectivity index (χ0v) is 15.1. The maximum atomic E-state index is 3.25. The molecule has 4 heteroatoms. The molecule has 0 fully saturated rings. The molecule has 0 saturated carbocycles. The molecule has 0 bridgehead atoms. The average Bonchev–Trinajstić information content (AvgIpc) is 1.00. The first-order valence-corrected chi connectivity index (χ1v) is 0.707. The number of hydrogen-bond acceptors (Lipinski definition) is 0. The summed E-state index contributed by atoms with van der Waals surface area (Å²) in [4.78, 5) is 0. The van der Waals surface area contributed by atoms with Crippen LogP contribution in [0, 0.1) is 14.4 Å². The zero-order valence-electron chi connectivity index (χ0n) is 5.15. The predicted molar refractivity (Wildman–Crippen MR) is 28.5 cm³/mol. The van der Waals surface area contributed by atoms with E-state index in [1.54, 1.807) is 6.92 Å². The summed E-state index contributed by atoms with van der Waals surface area (Å²) >= 11 is 0. The summed E-state index contributed by atoms with van der Waals surface area (Å²) in [5.74, 6) is 0. The summed E-state index contributed by atoms with van der Waals surface area (Å²) in [6, 6.07) is 0. The Morgan fingerprint density at radius 1 is 0.857 bits per heavy atom. The van der Waals surface area contributed by atoms with Crippen molar-refractivity contribution in [1.82, 2.24) is 0 Å². The van der Waals surface area contributed by atoms with Crippen LogP contribution in [-0.2, 0) is 98.1 Å². The SMILES string of the molecule is P.[CH2-]C.[CH3-].[Y].[Y].[Y]. The summed E-state index contributed by atoms with van der Waals surface area (Å²) in [5.41, 5.74) is 0. The molecule has 0 N–H and O–H groups in total. The average molecular weight is 345 g/mol. The molecule has 0 rings (SSSR count). The first kappa shape index (κ1) is 45.3. The van der Waals surface area contributed by atoms with E-state index in [0.29, 0.717) is 0 Å². The van der Waals surface area contributed by atoms with E-state index in [2.05, 4.69) is 6.92 Å². The van der Waals surface area contributed by atoms with E-state index in [0.717, 1.165) is 0 Å². The first-order chi connectivity index (χ1) is 1.00. The molecule has 39 valence electrons. The third-order valence-corrected chi connectivity index (χ3v) is 0. The smallest absolute Gasteiger partial charge is 0 e. The second-order valence-corrected chi connectivity index (χ2v) is 0. The van der Waals surface area contributed by atoms with Crippen LogP contribution in [0.4, 0.5) is 0 Å². The number of rotatable bonds is 0. The standard InChI is InChI=1S/C2H5.CH3.H3P.3Y/c1-2;;;;;/h1H2,2H3;2*1H3;;;/q2*-1;;;;. The monoisotopic (exact) mass is 345 g/mol. The second kappa shape index (κ2) is 53.2. The van der Waals surface area contributed by atoms with Gasteiger partial charge in [0.2, 0.25) is 0 Å². The minimum absolute atomic E-state index is 0. The van der Waals surface area contributed by atoms with Crippen molar-refractivity contribution in [3.8, 4) is 0 Å². The second-order valence-electron chi connectivity index (χ2n) is 0. The van der Waals surface area contributed by atoms with E-state index < -0.39 is 0 Å². The van der Waals surface area contributed by atoms with E-state index in [-0.39, 0.29) is 115 Å². The molecule has 7 heavy (non-hydrogen) atoms. The van der Waals surface area contributed by atoms with E-state index in [9.17, 15) is 0 Å². The topological polar surface area (TPSA) is 0 Å². The Morgan fingerprint density at radius 2 is 0.857 bits per heavy atom. The summed E-state index contributed by atoms with van der Waals surface area (Å²) in [6.07, 6.45) is 0. The molecular formula is C3H11PY3-2. The van der Waals surface area contributed by atoms with Gasteiger partial charge in [0.05, 0.1) is 0 Å². The molecule has 0 nitrogen and oxygen atoms in total. The third kappa shape index (κ3) is 41.7. The molecule has 0 amide bonds. The van der Waals surface area contributed by atoms with Crippen LogP contribution < -0.4 is 0 Å². The molecule has 1 unspecified atom stereocenters. The minimum atomic E-state index is 0. The largest absolute Gasteiger partial charge is 0.358 e. The summed E-state index contributed by atoms with van der Waals surface area (Å²) in [7, 11) is 0. The van der Waals surface area contributed by atoms with Gasteiger partial charge >= 0.3 is 0 Å². The summed E-state index contributed by atoms with van der Waals surface area (Å²) < 4.78 is 0. The van der Waals surface area contributed by atoms with Crippen molar-refractivity contribution in [3.05, 3.63) is 14.4 Å². The van der Waals surface area contributed by atoms with Crippen molar-refractivity contribution in [2.24, 2.45) is 0 Å². The van der Waals surface area contributed by atoms with Gasteiger partial charge in [-0.25, -0.2) is 0 Å². The van der Waals surface area contributed by atoms with Gasteiger partial charge < -0.3 is 14.4 Å². The van der Waals surface area contributed by atoms with E-state index in [4.69, 9.17) is 0 Å². The van der Waals surface area contributed by atoms with Gasteiger partial charge in [0, 0.05) is 98.1 Å². The van der Waals surface area contributed by atoms with Crippen molar-refractivity contribution in [3.63, 3.8) is 0 Å². The molecule has 0 aromatic heterocycles. The fourth-order valence-corrected chi connectivity index (χ4v) is 0. The summed E-state index contributed by atoms with van der Waals surface area (Å²) in [5, 5.41) is 0. The normalized spacial score (nSPS) is 0.857. The van der Waals surface area contributed by atoms with Crippen LogP contribution in [0.1, 0.15) is 6.92 Å². The maximum Gasteiger partial charge on any atom is 0 e. The molecular weight excluding hydrogens is 334 g/mol. The van der Waals surface area contributed by atoms with Crippen LogP contribution in [-0.4, -0.2) is 0 Å². The van der Waals surface area contributed by atoms with Crippen LogP contribution in [0.2, 0.25) is 0 Å². The molecule has 0 heterocycles. The Labute approximate surface area is 126 Å². The molecule has 0 saturated heterocycles. The summed E-state index contributed by atoms with van der Waals surface area (Å²) in [6.45, 7) is 5.00. The molecule has 0 spiro atoms. The van der Waals surface area contributed by atoms with Crippen LogP contribution in [0.5, 0.6) is 0 Å². The molecule has 3 radical (unpaired) electrons. The van der Waals surface area contributed by atoms with Crippen LogP contribution in [0.15, 0.2) is 0 Å². The zero-order chi connectivity index (χ0) is 2.00. The van der Waals surface area contributed by atoms with Crippen molar-refractivity contribution < 1.29 is 98.1 Å². The fourth-order valence-electron chi connectivity index (χ4n) is 0. The van der Waals surface area contributed by atoms with Crippen molar-refractivity contribution in [1.29, 1.82) is 0 Å². The quantitative estimate of drug-likeness (QED) is 0.459. The Kier molecular flexibility index (Phi) is 344. The molecule has 0 aliphatic rings. The van der Waals surface area contributed by atoms with Crippen molar-refractivity contribution in [2.45, 2.75) is 6.92 Å². The van der Waals surface area contributed by atoms with E-state index in [1.165, 1.54) is 0 Å². The molecule has 0 aromatic rings. The minimum Gasteiger partial charge on any atom is -0.358 e. The Morgan fingerprint density at radius 3 is 0.857 bits per heavy atom. The van der Waals surface area contributed by atoms with Crippen LogP contribution in [0.25, 0.3) is 0 Å². The van der Waals surface area contributed by atoms with Crippen molar-refractivity contribution >= 4 is 9.90 Å². The van der Waals surface area contributed by atoms with Crippen LogP contribution >= 0.6 is 9.90 Å². The van der Waals surface area contributed by atoms with E-state index in [1.807, 2.05) is 0 Å². The Hall–Kier alpha value is 3.74. The van der Waals surface area contributed by atoms with Gasteiger partial charge in [-0.05, 0) is 0 Å². The third-order valence-electron chi connectivity index (χ3n) is 0. The van der Waals surface area contributed by atoms with Gasteiger partial charge in [0.15, 0.2) is 0 Å². The molecule has 1 atom stereocenters. The Balaban J connectivity index is -0.000000000500. The van der Waals surface area contributed by atoms with Gasteiger partial charge in [0.25, 0.3) is 0 Å². The van der Waals surface area contributed by atoms with Gasteiger partial charge in [-0.1, -0.05) is 0 Å². The van der Waals surface area contributed by atoms with Gasteiger partial charge in [-0.2, -0.15) is 16.8 Å². The van der Waals surface area contributed by atoms with Gasteiger partial charge in [-0.15, -0.1) is 0 Å². The number of hydrogen-bond donors (Lipinski definition) is 0.